The van der Waals surface area contributed by atoms with Crippen LogP contribution in [0.2, 0.25) is 0 Å². The van der Waals surface area contributed by atoms with Crippen molar-refractivity contribution in [2.24, 2.45) is 46.3 Å². The van der Waals surface area contributed by atoms with Gasteiger partial charge in [0.15, 0.2) is 0 Å². The SMILES string of the molecule is CC(=O)CC[C@@H](C)[C@H]1CC[C@H]2[C@@H]3CC(=O)[C@@H]4C[C@H](OC(=O)NC(C)C)CC[C@]4(C)[C@H]3CC[C@]12C. The van der Waals surface area contributed by atoms with Gasteiger partial charge in [0.1, 0.15) is 17.7 Å². The quantitative estimate of drug-likeness (QED) is 0.489. The third kappa shape index (κ3) is 4.57. The van der Waals surface area contributed by atoms with E-state index in [1.807, 2.05) is 13.8 Å². The molecule has 4 aliphatic rings. The van der Waals surface area contributed by atoms with Gasteiger partial charge in [-0.2, -0.15) is 0 Å². The molecule has 0 radical (unpaired) electrons. The van der Waals surface area contributed by atoms with Gasteiger partial charge in [0.05, 0.1) is 0 Å². The van der Waals surface area contributed by atoms with E-state index in [9.17, 15) is 14.4 Å². The topological polar surface area (TPSA) is 72.5 Å². The van der Waals surface area contributed by atoms with Crippen LogP contribution in [0.3, 0.4) is 0 Å². The maximum atomic E-state index is 13.6. The van der Waals surface area contributed by atoms with E-state index in [1.165, 1.54) is 25.7 Å². The van der Waals surface area contributed by atoms with Crippen LogP contribution in [0.15, 0.2) is 0 Å². The number of hydrogen-bond acceptors (Lipinski definition) is 4. The highest BCUT2D eigenvalue weighted by molar-refractivity contribution is 5.83. The summed E-state index contributed by atoms with van der Waals surface area (Å²) in [4.78, 5) is 37.3. The first-order chi connectivity index (χ1) is 16.0. The molecule has 0 aromatic carbocycles. The zero-order chi connectivity index (χ0) is 24.8. The number of fused-ring (bicyclic) bond motifs is 5. The maximum absolute atomic E-state index is 13.6. The minimum Gasteiger partial charge on any atom is -0.446 e. The third-order valence-corrected chi connectivity index (χ3v) is 10.8. The molecule has 0 aromatic heterocycles. The lowest BCUT2D eigenvalue weighted by molar-refractivity contribution is -0.160. The lowest BCUT2D eigenvalue weighted by atomic mass is 9.44. The number of carbonyl (C=O) groups excluding carboxylic acids is 3. The molecule has 9 atom stereocenters. The van der Waals surface area contributed by atoms with E-state index < -0.39 is 0 Å². The molecule has 0 unspecified atom stereocenters. The Hall–Kier alpha value is -1.39. The highest BCUT2D eigenvalue weighted by Crippen LogP contribution is 2.67. The molecule has 4 aliphatic carbocycles. The zero-order valence-electron chi connectivity index (χ0n) is 22.3. The van der Waals surface area contributed by atoms with Crippen molar-refractivity contribution >= 4 is 17.7 Å². The number of alkyl carbamates (subject to hydrolysis) is 1. The largest absolute Gasteiger partial charge is 0.446 e. The number of rotatable bonds is 6. The second-order valence-electron chi connectivity index (χ2n) is 13.2. The van der Waals surface area contributed by atoms with Crippen LogP contribution in [-0.2, 0) is 14.3 Å². The second kappa shape index (κ2) is 9.58. The fourth-order valence-corrected chi connectivity index (χ4v) is 9.14. The summed E-state index contributed by atoms with van der Waals surface area (Å²) in [6.07, 6.45) is 9.39. The van der Waals surface area contributed by atoms with Crippen molar-refractivity contribution in [1.82, 2.24) is 5.32 Å². The summed E-state index contributed by atoms with van der Waals surface area (Å²) in [5, 5.41) is 2.82. The normalized spacial score (nSPS) is 42.4. The van der Waals surface area contributed by atoms with Gasteiger partial charge in [-0.15, -0.1) is 0 Å². The van der Waals surface area contributed by atoms with Gasteiger partial charge in [0, 0.05) is 24.8 Å². The Bertz CT molecular complexity index is 808. The number of ketones is 2. The van der Waals surface area contributed by atoms with Gasteiger partial charge < -0.3 is 14.8 Å². The highest BCUT2D eigenvalue weighted by Gasteiger charge is 2.62. The molecule has 4 saturated carbocycles. The van der Waals surface area contributed by atoms with Crippen molar-refractivity contribution in [3.63, 3.8) is 0 Å². The predicted octanol–water partition coefficient (Wildman–Crippen LogP) is 6.33. The van der Waals surface area contributed by atoms with E-state index in [0.29, 0.717) is 65.8 Å². The van der Waals surface area contributed by atoms with Crippen LogP contribution in [0.4, 0.5) is 4.79 Å². The van der Waals surface area contributed by atoms with Crippen molar-refractivity contribution in [1.29, 1.82) is 0 Å². The lowest BCUT2D eigenvalue weighted by Gasteiger charge is -2.60. The lowest BCUT2D eigenvalue weighted by Crippen LogP contribution is -2.57. The Morgan fingerprint density at radius 1 is 1.03 bits per heavy atom. The van der Waals surface area contributed by atoms with Crippen LogP contribution in [0.25, 0.3) is 0 Å². The molecule has 5 nitrogen and oxygen atoms in total. The van der Waals surface area contributed by atoms with Gasteiger partial charge in [-0.3, -0.25) is 4.79 Å². The predicted molar refractivity (Wildman–Crippen MR) is 133 cm³/mol. The molecule has 34 heavy (non-hydrogen) atoms. The molecule has 4 rings (SSSR count). The Morgan fingerprint density at radius 2 is 1.71 bits per heavy atom. The summed E-state index contributed by atoms with van der Waals surface area (Å²) in [7, 11) is 0. The molecule has 0 aromatic rings. The Balaban J connectivity index is 1.46. The standard InChI is InChI=1S/C29H47NO4/c1-17(2)30-27(33)34-20-11-13-29(6)24-12-14-28(5)22(18(3)7-8-19(4)31)9-10-23(28)21(24)16-26(32)25(29)15-20/h17-18,20-25H,7-16H2,1-6H3,(H,30,33)/t18-,20-,21+,22-,23+,24+,25+,28-,29-/m1/s1. The van der Waals surface area contributed by atoms with E-state index in [1.54, 1.807) is 6.92 Å². The maximum Gasteiger partial charge on any atom is 0.407 e. The average molecular weight is 474 g/mol. The van der Waals surface area contributed by atoms with Crippen LogP contribution in [0.1, 0.15) is 106 Å². The summed E-state index contributed by atoms with van der Waals surface area (Å²) in [5.41, 5.74) is 0.337. The van der Waals surface area contributed by atoms with Crippen molar-refractivity contribution in [2.45, 2.75) is 118 Å². The van der Waals surface area contributed by atoms with Crippen molar-refractivity contribution < 1.29 is 19.1 Å². The fourth-order valence-electron chi connectivity index (χ4n) is 9.14. The number of Topliss-reactive ketones (excluding diaryl/α,β-unsaturated/α-hetero) is 2. The van der Waals surface area contributed by atoms with Crippen molar-refractivity contribution in [3.05, 3.63) is 0 Å². The molecule has 1 N–H and O–H groups in total. The number of ether oxygens (including phenoxy) is 1. The van der Waals surface area contributed by atoms with Gasteiger partial charge in [0.25, 0.3) is 0 Å². The first kappa shape index (κ1) is 25.7. The second-order valence-corrected chi connectivity index (χ2v) is 13.2. The van der Waals surface area contributed by atoms with Crippen LogP contribution in [0.5, 0.6) is 0 Å². The number of carbonyl (C=O) groups is 3. The van der Waals surface area contributed by atoms with E-state index in [4.69, 9.17) is 4.74 Å². The summed E-state index contributed by atoms with van der Waals surface area (Å²) in [6, 6.07) is 0.0513. The fraction of sp³-hybridized carbons (Fsp3) is 0.897. The first-order valence-corrected chi connectivity index (χ1v) is 13.9. The van der Waals surface area contributed by atoms with E-state index in [-0.39, 0.29) is 29.6 Å². The van der Waals surface area contributed by atoms with Crippen molar-refractivity contribution in [3.8, 4) is 0 Å². The summed E-state index contributed by atoms with van der Waals surface area (Å²) >= 11 is 0. The molecule has 192 valence electrons. The Labute approximate surface area is 206 Å². The van der Waals surface area contributed by atoms with Gasteiger partial charge in [-0.05, 0) is 113 Å². The van der Waals surface area contributed by atoms with Gasteiger partial charge >= 0.3 is 6.09 Å². The molecule has 1 amide bonds. The van der Waals surface area contributed by atoms with E-state index in [0.717, 1.165) is 19.3 Å². The number of hydrogen-bond donors (Lipinski definition) is 1. The highest BCUT2D eigenvalue weighted by atomic mass is 16.6. The summed E-state index contributed by atoms with van der Waals surface area (Å²) in [5.74, 6) is 3.71. The van der Waals surface area contributed by atoms with Crippen LogP contribution < -0.4 is 5.32 Å². The van der Waals surface area contributed by atoms with Gasteiger partial charge in [-0.1, -0.05) is 20.8 Å². The van der Waals surface area contributed by atoms with Crippen molar-refractivity contribution in [2.75, 3.05) is 0 Å². The van der Waals surface area contributed by atoms with Gasteiger partial charge in [-0.25, -0.2) is 4.79 Å². The molecule has 0 aliphatic heterocycles. The third-order valence-electron chi connectivity index (χ3n) is 10.8. The van der Waals surface area contributed by atoms with Crippen LogP contribution in [-0.4, -0.2) is 29.8 Å². The number of amides is 1. The van der Waals surface area contributed by atoms with E-state index in [2.05, 4.69) is 26.1 Å². The smallest absolute Gasteiger partial charge is 0.407 e. The molecule has 4 fully saturated rings. The average Bonchev–Trinajstić information content (AvgIpc) is 3.10. The minimum atomic E-state index is -0.353. The minimum absolute atomic E-state index is 0.0235. The van der Waals surface area contributed by atoms with E-state index >= 15 is 0 Å². The Morgan fingerprint density at radius 3 is 2.38 bits per heavy atom. The molecule has 0 bridgehead atoms. The molecular weight excluding hydrogens is 426 g/mol. The number of nitrogens with one attached hydrogen (secondary N) is 1. The first-order valence-electron chi connectivity index (χ1n) is 13.9. The molecular formula is C29H47NO4. The summed E-state index contributed by atoms with van der Waals surface area (Å²) in [6.45, 7) is 12.8. The summed E-state index contributed by atoms with van der Waals surface area (Å²) < 4.78 is 5.72. The molecule has 5 heteroatoms. The zero-order valence-corrected chi connectivity index (χ0v) is 22.3. The molecule has 0 saturated heterocycles. The van der Waals surface area contributed by atoms with Crippen LogP contribution in [0, 0.1) is 46.3 Å². The van der Waals surface area contributed by atoms with Crippen LogP contribution >= 0.6 is 0 Å². The molecule has 0 heterocycles. The Kier molecular flexibility index (Phi) is 7.24. The molecule has 0 spiro atoms. The monoisotopic (exact) mass is 473 g/mol. The van der Waals surface area contributed by atoms with Gasteiger partial charge in [0.2, 0.25) is 0 Å².